The molecule has 3 aromatic rings. The molecule has 1 aliphatic heterocycles. The van der Waals surface area contributed by atoms with E-state index in [4.69, 9.17) is 9.15 Å². The molecule has 1 aromatic heterocycles. The summed E-state index contributed by atoms with van der Waals surface area (Å²) in [6, 6.07) is 14.0. The first-order valence-electron chi connectivity index (χ1n) is 11.4. The number of hydrogen-bond acceptors (Lipinski definition) is 3. The van der Waals surface area contributed by atoms with E-state index in [-0.39, 0.29) is 5.63 Å². The first-order chi connectivity index (χ1) is 14.8. The summed E-state index contributed by atoms with van der Waals surface area (Å²) in [5.41, 5.74) is 1.86. The Kier molecular flexibility index (Phi) is 5.59. The molecule has 0 bridgehead atoms. The minimum atomic E-state index is -0.257. The predicted molar refractivity (Wildman–Crippen MR) is 118 cm³/mol. The van der Waals surface area contributed by atoms with Crippen LogP contribution >= 0.6 is 0 Å². The zero-order valence-corrected chi connectivity index (χ0v) is 17.6. The number of nitrogens with two attached hydrogens (primary N) is 1. The predicted octanol–water partition coefficient (Wildman–Crippen LogP) is 1.63. The van der Waals surface area contributed by atoms with Crippen LogP contribution in [0.2, 0.25) is 0 Å². The average molecular weight is 409 g/mol. The smallest absolute Gasteiger partial charge is 0.336 e. The Morgan fingerprint density at radius 2 is 1.80 bits per heavy atom. The van der Waals surface area contributed by atoms with Gasteiger partial charge in [-0.1, -0.05) is 36.8 Å². The van der Waals surface area contributed by atoms with Gasteiger partial charge in [-0.15, -0.1) is 0 Å². The Labute approximate surface area is 177 Å². The van der Waals surface area contributed by atoms with Gasteiger partial charge in [0.2, 0.25) is 0 Å². The lowest BCUT2D eigenvalue weighted by molar-refractivity contribution is -0.975. The van der Waals surface area contributed by atoms with Crippen LogP contribution in [0, 0.1) is 0 Å². The Hall–Kier alpha value is -2.21. The Morgan fingerprint density at radius 3 is 2.63 bits per heavy atom. The molecule has 1 saturated carbocycles. The maximum atomic E-state index is 12.2. The molecule has 1 saturated heterocycles. The number of nitrogens with one attached hydrogen (secondary N) is 1. The third-order valence-electron chi connectivity index (χ3n) is 7.27. The van der Waals surface area contributed by atoms with E-state index in [1.807, 2.05) is 12.1 Å². The first kappa shape index (κ1) is 19.7. The molecule has 3 N–H and O–H groups in total. The van der Waals surface area contributed by atoms with Gasteiger partial charge in [-0.3, -0.25) is 0 Å². The Balaban J connectivity index is 1.42. The summed E-state index contributed by atoms with van der Waals surface area (Å²) < 4.78 is 11.2. The minimum absolute atomic E-state index is 0.257. The van der Waals surface area contributed by atoms with Gasteiger partial charge in [0.1, 0.15) is 37.3 Å². The van der Waals surface area contributed by atoms with Gasteiger partial charge in [-0.05, 0) is 29.7 Å². The maximum absolute atomic E-state index is 12.2. The highest BCUT2D eigenvalue weighted by molar-refractivity contribution is 6.06. The zero-order chi connectivity index (χ0) is 20.4. The molecule has 2 heterocycles. The molecular formula is C25H32N2O3+2. The molecule has 2 aliphatic rings. The van der Waals surface area contributed by atoms with Crippen molar-refractivity contribution in [3.05, 3.63) is 58.4 Å². The topological polar surface area (TPSA) is 60.5 Å². The van der Waals surface area contributed by atoms with Crippen LogP contribution in [0.1, 0.15) is 37.7 Å². The zero-order valence-electron chi connectivity index (χ0n) is 17.6. The van der Waals surface area contributed by atoms with Crippen molar-refractivity contribution >= 4 is 21.7 Å². The summed E-state index contributed by atoms with van der Waals surface area (Å²) in [6.45, 7) is 5.92. The minimum Gasteiger partial charge on any atom is -0.423 e. The van der Waals surface area contributed by atoms with Crippen molar-refractivity contribution in [1.82, 2.24) is 0 Å². The van der Waals surface area contributed by atoms with E-state index in [0.717, 1.165) is 55.7 Å². The summed E-state index contributed by atoms with van der Waals surface area (Å²) in [4.78, 5) is 13.9. The van der Waals surface area contributed by atoms with Crippen LogP contribution in [0.15, 0.2) is 51.7 Å². The summed E-state index contributed by atoms with van der Waals surface area (Å²) in [7, 11) is 0. The molecule has 5 nitrogen and oxygen atoms in total. The van der Waals surface area contributed by atoms with Gasteiger partial charge in [-0.2, -0.15) is 0 Å². The molecule has 1 aliphatic carbocycles. The second-order valence-electron chi connectivity index (χ2n) is 9.00. The molecule has 5 rings (SSSR count). The van der Waals surface area contributed by atoms with Gasteiger partial charge in [0, 0.05) is 29.9 Å². The van der Waals surface area contributed by atoms with E-state index in [2.05, 4.69) is 29.6 Å². The average Bonchev–Trinajstić information content (AvgIpc) is 2.80. The van der Waals surface area contributed by atoms with Crippen LogP contribution in [-0.2, 0) is 11.3 Å². The molecule has 0 amide bonds. The summed E-state index contributed by atoms with van der Waals surface area (Å²) >= 11 is 0. The van der Waals surface area contributed by atoms with Crippen LogP contribution in [0.4, 0.5) is 0 Å². The molecule has 0 spiro atoms. The Bertz CT molecular complexity index is 1080. The van der Waals surface area contributed by atoms with Crippen LogP contribution < -0.4 is 15.8 Å². The molecule has 0 radical (unpaired) electrons. The van der Waals surface area contributed by atoms with Crippen molar-refractivity contribution in [1.29, 1.82) is 0 Å². The lowest BCUT2D eigenvalue weighted by Gasteiger charge is -2.43. The molecule has 0 atom stereocenters. The molecule has 2 fully saturated rings. The van der Waals surface area contributed by atoms with Crippen molar-refractivity contribution < 1.29 is 19.4 Å². The van der Waals surface area contributed by atoms with E-state index in [9.17, 15) is 4.79 Å². The quantitative estimate of drug-likeness (QED) is 0.498. The van der Waals surface area contributed by atoms with Gasteiger partial charge in [0.05, 0.1) is 13.2 Å². The largest absolute Gasteiger partial charge is 0.423 e. The van der Waals surface area contributed by atoms with Crippen molar-refractivity contribution in [3.8, 4) is 0 Å². The van der Waals surface area contributed by atoms with Crippen molar-refractivity contribution in [2.24, 2.45) is 0 Å². The van der Waals surface area contributed by atoms with Gasteiger partial charge < -0.3 is 19.4 Å². The van der Waals surface area contributed by atoms with E-state index in [1.54, 1.807) is 11.0 Å². The van der Waals surface area contributed by atoms with Crippen LogP contribution in [0.5, 0.6) is 0 Å². The van der Waals surface area contributed by atoms with Gasteiger partial charge in [0.15, 0.2) is 0 Å². The number of hydrogen-bond donors (Lipinski definition) is 2. The maximum Gasteiger partial charge on any atom is 0.336 e. The monoisotopic (exact) mass is 408 g/mol. The highest BCUT2D eigenvalue weighted by Gasteiger charge is 2.44. The summed E-state index contributed by atoms with van der Waals surface area (Å²) in [5, 5.41) is 5.86. The second-order valence-corrected chi connectivity index (χ2v) is 9.00. The number of quaternary nitrogens is 2. The molecule has 2 aromatic carbocycles. The number of rotatable bonds is 5. The molecule has 5 heteroatoms. The highest BCUT2D eigenvalue weighted by Crippen LogP contribution is 2.27. The summed E-state index contributed by atoms with van der Waals surface area (Å²) in [5.74, 6) is 0. The Morgan fingerprint density at radius 1 is 1.00 bits per heavy atom. The highest BCUT2D eigenvalue weighted by atomic mass is 16.5. The number of ether oxygens (including phenoxy) is 1. The van der Waals surface area contributed by atoms with Crippen LogP contribution in [0.25, 0.3) is 21.7 Å². The summed E-state index contributed by atoms with van der Waals surface area (Å²) in [6.07, 6.45) is 6.64. The van der Waals surface area contributed by atoms with Gasteiger partial charge >= 0.3 is 5.63 Å². The van der Waals surface area contributed by atoms with Crippen molar-refractivity contribution in [2.45, 2.75) is 44.2 Å². The molecular weight excluding hydrogens is 376 g/mol. The molecule has 0 unspecified atom stereocenters. The normalized spacial score (nSPS) is 20.0. The lowest BCUT2D eigenvalue weighted by Crippen LogP contribution is -3.24. The fourth-order valence-corrected chi connectivity index (χ4v) is 5.76. The third-order valence-corrected chi connectivity index (χ3v) is 7.27. The molecule has 30 heavy (non-hydrogen) atoms. The fraction of sp³-hybridized carbons (Fsp3) is 0.480. The van der Waals surface area contributed by atoms with Crippen LogP contribution in [-0.4, -0.2) is 38.4 Å². The molecule has 158 valence electrons. The van der Waals surface area contributed by atoms with Gasteiger partial charge in [0.25, 0.3) is 0 Å². The van der Waals surface area contributed by atoms with E-state index < -0.39 is 0 Å². The third kappa shape index (κ3) is 3.78. The second kappa shape index (κ2) is 8.50. The number of morpholine rings is 1. The van der Waals surface area contributed by atoms with E-state index in [0.29, 0.717) is 11.1 Å². The first-order valence-corrected chi connectivity index (χ1v) is 11.4. The van der Waals surface area contributed by atoms with E-state index >= 15 is 0 Å². The lowest BCUT2D eigenvalue weighted by atomic mass is 9.79. The van der Waals surface area contributed by atoms with Crippen LogP contribution in [0.3, 0.4) is 0 Å². The standard InChI is InChI=1S/C25H30N2O3/c28-23-16-20(24-21-7-3-2-6-19(21)8-9-22(24)30-23)17-26-18-25(10-4-1-5-11-25)27-12-14-29-15-13-27/h2-3,6-9,16,26H,1,4-5,10-15,17-18H2/p+2. The van der Waals surface area contributed by atoms with Crippen molar-refractivity contribution in [3.63, 3.8) is 0 Å². The number of benzene rings is 2. The SMILES string of the molecule is O=c1cc(C[NH2+]CC2([NH+]3CCOCC3)CCCCC2)c2c(ccc3ccccc32)o1. The fourth-order valence-electron chi connectivity index (χ4n) is 5.76. The number of fused-ring (bicyclic) bond motifs is 3. The van der Waals surface area contributed by atoms with Crippen molar-refractivity contribution in [2.75, 3.05) is 32.8 Å². The van der Waals surface area contributed by atoms with Gasteiger partial charge in [-0.25, -0.2) is 4.79 Å². The van der Waals surface area contributed by atoms with E-state index in [1.165, 1.54) is 37.5 Å².